The van der Waals surface area contributed by atoms with Crippen molar-refractivity contribution in [2.45, 2.75) is 20.8 Å². The molecule has 0 spiro atoms. The summed E-state index contributed by atoms with van der Waals surface area (Å²) in [6, 6.07) is 11.3. The number of rotatable bonds is 5. The van der Waals surface area contributed by atoms with Gasteiger partial charge in [0.05, 0.1) is 0 Å². The van der Waals surface area contributed by atoms with Crippen molar-refractivity contribution in [3.63, 3.8) is 0 Å². The van der Waals surface area contributed by atoms with Gasteiger partial charge in [-0.1, -0.05) is 34.1 Å². The molecular weight excluding hydrogens is 368 g/mol. The number of hydrogen-bond donors (Lipinski definition) is 0. The summed E-state index contributed by atoms with van der Waals surface area (Å²) >= 11 is 3.35. The van der Waals surface area contributed by atoms with E-state index < -0.39 is 5.97 Å². The number of hydrogen-bond acceptors (Lipinski definition) is 3. The Kier molecular flexibility index (Phi) is 6.10. The molecule has 0 unspecified atom stereocenters. The van der Waals surface area contributed by atoms with Gasteiger partial charge in [-0.05, 0) is 67.3 Å². The Hall–Kier alpha value is -2.20. The Balaban J connectivity index is 1.95. The van der Waals surface area contributed by atoms with E-state index in [-0.39, 0.29) is 12.4 Å². The molecule has 0 heterocycles. The molecule has 0 aliphatic carbocycles. The third kappa shape index (κ3) is 4.90. The minimum absolute atomic E-state index is 0.194. The number of halogens is 1. The van der Waals surface area contributed by atoms with E-state index in [4.69, 9.17) is 4.74 Å². The third-order valence-electron chi connectivity index (χ3n) is 3.77. The van der Waals surface area contributed by atoms with Crippen LogP contribution in [0, 0.1) is 20.8 Å². The normalized spacial score (nSPS) is 10.8. The second kappa shape index (κ2) is 8.06. The Morgan fingerprint density at radius 2 is 1.62 bits per heavy atom. The number of aryl methyl sites for hydroxylation is 3. The molecule has 2 rings (SSSR count). The average molecular weight is 387 g/mol. The van der Waals surface area contributed by atoms with Gasteiger partial charge in [-0.25, -0.2) is 4.79 Å². The molecule has 0 amide bonds. The van der Waals surface area contributed by atoms with Crippen molar-refractivity contribution in [2.24, 2.45) is 0 Å². The number of esters is 1. The molecule has 3 nitrogen and oxygen atoms in total. The summed E-state index contributed by atoms with van der Waals surface area (Å²) in [6.07, 6.45) is 2.98. The van der Waals surface area contributed by atoms with Crippen LogP contribution in [-0.2, 0) is 9.53 Å². The molecule has 0 atom stereocenters. The van der Waals surface area contributed by atoms with Gasteiger partial charge < -0.3 is 4.74 Å². The molecule has 24 heavy (non-hydrogen) atoms. The van der Waals surface area contributed by atoms with Crippen LogP contribution in [0.1, 0.15) is 32.6 Å². The van der Waals surface area contributed by atoms with Crippen LogP contribution in [0.3, 0.4) is 0 Å². The first-order valence-corrected chi connectivity index (χ1v) is 8.37. The summed E-state index contributed by atoms with van der Waals surface area (Å²) in [5.41, 5.74) is 4.56. The molecular formula is C20H19BrO3. The molecule has 124 valence electrons. The van der Waals surface area contributed by atoms with Crippen LogP contribution in [0.15, 0.2) is 46.9 Å². The first-order chi connectivity index (χ1) is 11.4. The molecule has 0 radical (unpaired) electrons. The van der Waals surface area contributed by atoms with E-state index in [9.17, 15) is 9.59 Å². The molecule has 2 aromatic carbocycles. The van der Waals surface area contributed by atoms with Crippen LogP contribution in [0.25, 0.3) is 6.08 Å². The lowest BCUT2D eigenvalue weighted by molar-refractivity contribution is -0.136. The quantitative estimate of drug-likeness (QED) is 0.420. The van der Waals surface area contributed by atoms with E-state index in [0.29, 0.717) is 5.56 Å². The second-order valence-electron chi connectivity index (χ2n) is 5.67. The topological polar surface area (TPSA) is 43.4 Å². The largest absolute Gasteiger partial charge is 0.454 e. The van der Waals surface area contributed by atoms with Gasteiger partial charge >= 0.3 is 5.97 Å². The van der Waals surface area contributed by atoms with Gasteiger partial charge in [0.2, 0.25) is 5.78 Å². The summed E-state index contributed by atoms with van der Waals surface area (Å²) in [4.78, 5) is 24.0. The van der Waals surface area contributed by atoms with E-state index in [2.05, 4.69) is 15.9 Å². The minimum Gasteiger partial charge on any atom is -0.454 e. The van der Waals surface area contributed by atoms with E-state index in [1.807, 2.05) is 57.2 Å². The van der Waals surface area contributed by atoms with Crippen molar-refractivity contribution in [2.75, 3.05) is 6.61 Å². The first kappa shape index (κ1) is 18.1. The maximum atomic E-state index is 12.2. The molecule has 0 bridgehead atoms. The van der Waals surface area contributed by atoms with Gasteiger partial charge in [0.15, 0.2) is 6.61 Å². The Labute approximate surface area is 150 Å². The predicted octanol–water partition coefficient (Wildman–Crippen LogP) is 4.81. The number of carbonyl (C=O) groups is 2. The number of benzene rings is 2. The average Bonchev–Trinajstić information content (AvgIpc) is 2.55. The monoisotopic (exact) mass is 386 g/mol. The molecule has 4 heteroatoms. The van der Waals surface area contributed by atoms with Crippen LogP contribution < -0.4 is 0 Å². The van der Waals surface area contributed by atoms with Gasteiger partial charge in [0, 0.05) is 16.1 Å². The lowest BCUT2D eigenvalue weighted by atomic mass is 9.98. The van der Waals surface area contributed by atoms with Gasteiger partial charge in [0.1, 0.15) is 0 Å². The van der Waals surface area contributed by atoms with Gasteiger partial charge in [-0.2, -0.15) is 0 Å². The van der Waals surface area contributed by atoms with E-state index in [1.165, 1.54) is 6.08 Å². The number of ether oxygens (including phenoxy) is 1. The van der Waals surface area contributed by atoms with Crippen LogP contribution in [0.4, 0.5) is 0 Å². The standard InChI is InChI=1S/C20H19BrO3/c1-13-10-15(3)18(11-14(13)2)19(22)12-24-20(23)9-6-16-4-7-17(21)8-5-16/h4-11H,12H2,1-3H3/b9-6+. The molecule has 0 fully saturated rings. The second-order valence-corrected chi connectivity index (χ2v) is 6.58. The SMILES string of the molecule is Cc1cc(C)c(C(=O)COC(=O)/C=C/c2ccc(Br)cc2)cc1C. The Bertz CT molecular complexity index is 789. The smallest absolute Gasteiger partial charge is 0.331 e. The number of Topliss-reactive ketones (excluding diaryl/α,β-unsaturated/α-hetero) is 1. The third-order valence-corrected chi connectivity index (χ3v) is 4.30. The summed E-state index contributed by atoms with van der Waals surface area (Å²) in [5, 5.41) is 0. The molecule has 0 aliphatic rings. The van der Waals surface area contributed by atoms with Crippen LogP contribution in [0.2, 0.25) is 0 Å². The highest BCUT2D eigenvalue weighted by Crippen LogP contribution is 2.16. The van der Waals surface area contributed by atoms with E-state index >= 15 is 0 Å². The van der Waals surface area contributed by atoms with Gasteiger partial charge in [-0.15, -0.1) is 0 Å². The number of carbonyl (C=O) groups excluding carboxylic acids is 2. The van der Waals surface area contributed by atoms with Crippen molar-refractivity contribution in [3.05, 3.63) is 74.8 Å². The zero-order chi connectivity index (χ0) is 17.7. The molecule has 0 aliphatic heterocycles. The summed E-state index contributed by atoms with van der Waals surface area (Å²) in [6.45, 7) is 5.59. The summed E-state index contributed by atoms with van der Waals surface area (Å²) < 4.78 is 6.01. The predicted molar refractivity (Wildman–Crippen MR) is 99.1 cm³/mol. The van der Waals surface area contributed by atoms with Crippen LogP contribution in [0.5, 0.6) is 0 Å². The maximum Gasteiger partial charge on any atom is 0.331 e. The Morgan fingerprint density at radius 1 is 1.00 bits per heavy atom. The lowest BCUT2D eigenvalue weighted by Crippen LogP contribution is -2.14. The maximum absolute atomic E-state index is 12.2. The number of ketones is 1. The first-order valence-electron chi connectivity index (χ1n) is 7.58. The summed E-state index contributed by atoms with van der Waals surface area (Å²) in [7, 11) is 0. The minimum atomic E-state index is -0.534. The van der Waals surface area contributed by atoms with Gasteiger partial charge in [0.25, 0.3) is 0 Å². The zero-order valence-corrected chi connectivity index (χ0v) is 15.5. The fourth-order valence-electron chi connectivity index (χ4n) is 2.26. The fraction of sp³-hybridized carbons (Fsp3) is 0.200. The fourth-order valence-corrected chi connectivity index (χ4v) is 2.53. The highest BCUT2D eigenvalue weighted by Gasteiger charge is 2.12. The van der Waals surface area contributed by atoms with Gasteiger partial charge in [-0.3, -0.25) is 4.79 Å². The van der Waals surface area contributed by atoms with Crippen molar-refractivity contribution in [1.82, 2.24) is 0 Å². The summed E-state index contributed by atoms with van der Waals surface area (Å²) in [5.74, 6) is -0.728. The van der Waals surface area contributed by atoms with Crippen LogP contribution in [-0.4, -0.2) is 18.4 Å². The molecule has 0 saturated carbocycles. The van der Waals surface area contributed by atoms with Crippen molar-refractivity contribution >= 4 is 33.8 Å². The van der Waals surface area contributed by atoms with E-state index in [1.54, 1.807) is 6.08 Å². The van der Waals surface area contributed by atoms with Crippen molar-refractivity contribution in [1.29, 1.82) is 0 Å². The van der Waals surface area contributed by atoms with Crippen LogP contribution >= 0.6 is 15.9 Å². The zero-order valence-electron chi connectivity index (χ0n) is 13.9. The Morgan fingerprint density at radius 3 is 2.29 bits per heavy atom. The highest BCUT2D eigenvalue weighted by molar-refractivity contribution is 9.10. The molecule has 0 saturated heterocycles. The van der Waals surface area contributed by atoms with Crippen molar-refractivity contribution in [3.8, 4) is 0 Å². The molecule has 0 N–H and O–H groups in total. The molecule has 0 aromatic heterocycles. The highest BCUT2D eigenvalue weighted by atomic mass is 79.9. The lowest BCUT2D eigenvalue weighted by Gasteiger charge is -2.09. The molecule has 2 aromatic rings. The van der Waals surface area contributed by atoms with Crippen molar-refractivity contribution < 1.29 is 14.3 Å². The van der Waals surface area contributed by atoms with E-state index in [0.717, 1.165) is 26.7 Å².